The Hall–Kier alpha value is -1.76. The summed E-state index contributed by atoms with van der Waals surface area (Å²) in [4.78, 5) is 2.37. The van der Waals surface area contributed by atoms with Crippen molar-refractivity contribution in [3.8, 4) is 11.1 Å². The topological polar surface area (TPSA) is 3.24 Å². The highest BCUT2D eigenvalue weighted by atomic mass is 15.1. The normalized spacial score (nSPS) is 14.4. The van der Waals surface area contributed by atoms with Gasteiger partial charge in [-0.15, -0.1) is 0 Å². The summed E-state index contributed by atoms with van der Waals surface area (Å²) in [7, 11) is 2.19. The van der Waals surface area contributed by atoms with E-state index in [1.807, 2.05) is 0 Å². The van der Waals surface area contributed by atoms with Crippen LogP contribution < -0.4 is 4.90 Å². The standard InChI is InChI=1S/C17H19N/c1-13-5-7-14(8-6-13)16-10-9-15-4-3-11-18(2)17(15)12-16/h5-10,12H,3-4,11H2,1-2H3. The summed E-state index contributed by atoms with van der Waals surface area (Å²) in [6.07, 6.45) is 2.49. The van der Waals surface area contributed by atoms with Crippen molar-refractivity contribution in [3.05, 3.63) is 53.6 Å². The van der Waals surface area contributed by atoms with E-state index in [9.17, 15) is 0 Å². The van der Waals surface area contributed by atoms with E-state index < -0.39 is 0 Å². The fourth-order valence-corrected chi connectivity index (χ4v) is 2.68. The second-order valence-corrected chi connectivity index (χ2v) is 5.23. The van der Waals surface area contributed by atoms with Gasteiger partial charge in [-0.05, 0) is 42.5 Å². The van der Waals surface area contributed by atoms with Gasteiger partial charge >= 0.3 is 0 Å². The molecule has 1 aliphatic heterocycles. The van der Waals surface area contributed by atoms with E-state index in [4.69, 9.17) is 0 Å². The molecule has 2 aromatic carbocycles. The zero-order chi connectivity index (χ0) is 12.5. The highest BCUT2D eigenvalue weighted by molar-refractivity contribution is 5.71. The maximum absolute atomic E-state index is 2.37. The van der Waals surface area contributed by atoms with E-state index in [0.717, 1.165) is 0 Å². The number of benzene rings is 2. The number of hydrogen-bond acceptors (Lipinski definition) is 1. The Kier molecular flexibility index (Phi) is 2.83. The average Bonchev–Trinajstić information content (AvgIpc) is 2.40. The van der Waals surface area contributed by atoms with Crippen LogP contribution in [0.15, 0.2) is 42.5 Å². The van der Waals surface area contributed by atoms with Crippen LogP contribution in [0.2, 0.25) is 0 Å². The SMILES string of the molecule is Cc1ccc(-c2ccc3c(c2)N(C)CCC3)cc1. The predicted molar refractivity (Wildman–Crippen MR) is 78.2 cm³/mol. The van der Waals surface area contributed by atoms with Crippen LogP contribution in [0, 0.1) is 6.92 Å². The Morgan fingerprint density at radius 3 is 2.44 bits per heavy atom. The molecule has 1 heterocycles. The van der Waals surface area contributed by atoms with E-state index in [1.54, 1.807) is 0 Å². The molecule has 1 heteroatoms. The molecule has 2 aromatic rings. The van der Waals surface area contributed by atoms with Crippen molar-refractivity contribution in [1.82, 2.24) is 0 Å². The molecule has 1 aliphatic rings. The number of aryl methyl sites for hydroxylation is 2. The highest BCUT2D eigenvalue weighted by Gasteiger charge is 2.13. The minimum atomic E-state index is 1.17. The van der Waals surface area contributed by atoms with Crippen LogP contribution in [0.3, 0.4) is 0 Å². The summed E-state index contributed by atoms with van der Waals surface area (Å²) < 4.78 is 0. The summed E-state index contributed by atoms with van der Waals surface area (Å²) in [5.74, 6) is 0. The Balaban J connectivity index is 2.03. The quantitative estimate of drug-likeness (QED) is 0.723. The van der Waals surface area contributed by atoms with Crippen molar-refractivity contribution in [2.24, 2.45) is 0 Å². The Bertz CT molecular complexity index is 554. The second kappa shape index (κ2) is 4.49. The fraction of sp³-hybridized carbons (Fsp3) is 0.294. The molecule has 0 saturated carbocycles. The average molecular weight is 237 g/mol. The molecule has 0 bridgehead atoms. The first-order valence-electron chi connectivity index (χ1n) is 6.65. The summed E-state index contributed by atoms with van der Waals surface area (Å²) in [6.45, 7) is 3.30. The lowest BCUT2D eigenvalue weighted by Gasteiger charge is -2.28. The van der Waals surface area contributed by atoms with E-state index in [1.165, 1.54) is 47.3 Å². The third-order valence-electron chi connectivity index (χ3n) is 3.82. The van der Waals surface area contributed by atoms with Crippen LogP contribution in [-0.2, 0) is 6.42 Å². The molecule has 0 radical (unpaired) electrons. The molecular formula is C17H19N. The number of hydrogen-bond donors (Lipinski definition) is 0. The first kappa shape index (κ1) is 11.3. The molecule has 0 atom stereocenters. The van der Waals surface area contributed by atoms with Gasteiger partial charge in [-0.3, -0.25) is 0 Å². The van der Waals surface area contributed by atoms with Crippen LogP contribution in [-0.4, -0.2) is 13.6 Å². The van der Waals surface area contributed by atoms with Gasteiger partial charge in [0, 0.05) is 19.3 Å². The fourth-order valence-electron chi connectivity index (χ4n) is 2.68. The highest BCUT2D eigenvalue weighted by Crippen LogP contribution is 2.31. The van der Waals surface area contributed by atoms with Gasteiger partial charge in [-0.25, -0.2) is 0 Å². The first-order chi connectivity index (χ1) is 8.74. The van der Waals surface area contributed by atoms with E-state index in [0.29, 0.717) is 0 Å². The summed E-state index contributed by atoms with van der Waals surface area (Å²) in [5, 5.41) is 0. The van der Waals surface area contributed by atoms with Gasteiger partial charge in [0.1, 0.15) is 0 Å². The molecule has 0 unspecified atom stereocenters. The van der Waals surface area contributed by atoms with Crippen molar-refractivity contribution in [3.63, 3.8) is 0 Å². The van der Waals surface area contributed by atoms with E-state index >= 15 is 0 Å². The smallest absolute Gasteiger partial charge is 0.0402 e. The molecule has 3 rings (SSSR count). The Morgan fingerprint density at radius 2 is 1.67 bits per heavy atom. The third kappa shape index (κ3) is 2.01. The third-order valence-corrected chi connectivity index (χ3v) is 3.82. The largest absolute Gasteiger partial charge is 0.374 e. The van der Waals surface area contributed by atoms with Crippen molar-refractivity contribution in [2.75, 3.05) is 18.5 Å². The minimum Gasteiger partial charge on any atom is -0.374 e. The van der Waals surface area contributed by atoms with Crippen LogP contribution in [0.25, 0.3) is 11.1 Å². The molecule has 1 nitrogen and oxygen atoms in total. The number of rotatable bonds is 1. The first-order valence-corrected chi connectivity index (χ1v) is 6.65. The predicted octanol–water partition coefficient (Wildman–Crippen LogP) is 4.04. The van der Waals surface area contributed by atoms with Gasteiger partial charge in [0.05, 0.1) is 0 Å². The molecule has 92 valence electrons. The van der Waals surface area contributed by atoms with Gasteiger partial charge in [-0.1, -0.05) is 42.0 Å². The Labute approximate surface area is 109 Å². The molecule has 0 amide bonds. The van der Waals surface area contributed by atoms with Crippen molar-refractivity contribution < 1.29 is 0 Å². The molecule has 0 saturated heterocycles. The zero-order valence-electron chi connectivity index (χ0n) is 11.1. The molecule has 0 fully saturated rings. The number of nitrogens with zero attached hydrogens (tertiary/aromatic N) is 1. The van der Waals surface area contributed by atoms with Gasteiger partial charge in [0.15, 0.2) is 0 Å². The lowest BCUT2D eigenvalue weighted by molar-refractivity contribution is 0.745. The summed E-state index contributed by atoms with van der Waals surface area (Å²) in [5.41, 5.74) is 6.83. The van der Waals surface area contributed by atoms with Gasteiger partial charge in [-0.2, -0.15) is 0 Å². The van der Waals surface area contributed by atoms with Gasteiger partial charge < -0.3 is 4.90 Å². The van der Waals surface area contributed by atoms with Crippen molar-refractivity contribution >= 4 is 5.69 Å². The lowest BCUT2D eigenvalue weighted by atomic mass is 9.97. The maximum Gasteiger partial charge on any atom is 0.0402 e. The Morgan fingerprint density at radius 1 is 0.944 bits per heavy atom. The van der Waals surface area contributed by atoms with Crippen molar-refractivity contribution in [2.45, 2.75) is 19.8 Å². The van der Waals surface area contributed by atoms with Gasteiger partial charge in [0.2, 0.25) is 0 Å². The maximum atomic E-state index is 2.37. The molecule has 18 heavy (non-hydrogen) atoms. The lowest BCUT2D eigenvalue weighted by Crippen LogP contribution is -2.24. The van der Waals surface area contributed by atoms with E-state index in [-0.39, 0.29) is 0 Å². The molecule has 0 aromatic heterocycles. The van der Waals surface area contributed by atoms with E-state index in [2.05, 4.69) is 61.3 Å². The van der Waals surface area contributed by atoms with Crippen molar-refractivity contribution in [1.29, 1.82) is 0 Å². The zero-order valence-corrected chi connectivity index (χ0v) is 11.1. The summed E-state index contributed by atoms with van der Waals surface area (Å²) >= 11 is 0. The van der Waals surface area contributed by atoms with Crippen LogP contribution >= 0.6 is 0 Å². The molecule has 0 aliphatic carbocycles. The second-order valence-electron chi connectivity index (χ2n) is 5.23. The number of anilines is 1. The number of fused-ring (bicyclic) bond motifs is 1. The summed E-state index contributed by atoms with van der Waals surface area (Å²) in [6, 6.07) is 15.7. The monoisotopic (exact) mass is 237 g/mol. The van der Waals surface area contributed by atoms with Crippen LogP contribution in [0.4, 0.5) is 5.69 Å². The molecule has 0 spiro atoms. The molecular weight excluding hydrogens is 218 g/mol. The van der Waals surface area contributed by atoms with Crippen LogP contribution in [0.5, 0.6) is 0 Å². The minimum absolute atomic E-state index is 1.17. The van der Waals surface area contributed by atoms with Gasteiger partial charge in [0.25, 0.3) is 0 Å². The van der Waals surface area contributed by atoms with Crippen LogP contribution in [0.1, 0.15) is 17.5 Å². The molecule has 0 N–H and O–H groups in total.